The molecule has 1 heterocycles. The van der Waals surface area contributed by atoms with Crippen LogP contribution in [0.4, 0.5) is 18.0 Å². The van der Waals surface area contributed by atoms with Gasteiger partial charge in [-0.15, -0.1) is 0 Å². The number of hydrogen-bond donors (Lipinski definition) is 0. The van der Waals surface area contributed by atoms with Crippen LogP contribution < -0.4 is 0 Å². The van der Waals surface area contributed by atoms with Crippen LogP contribution in [0, 0.1) is 0 Å². The average molecular weight is 319 g/mol. The van der Waals surface area contributed by atoms with Gasteiger partial charge < -0.3 is 4.74 Å². The summed E-state index contributed by atoms with van der Waals surface area (Å²) in [6, 6.07) is 13.9. The molecule has 0 N–H and O–H groups in total. The summed E-state index contributed by atoms with van der Waals surface area (Å²) < 4.78 is 44.6. The first-order chi connectivity index (χ1) is 10.9. The Morgan fingerprint density at radius 2 is 1.78 bits per heavy atom. The van der Waals surface area contributed by atoms with Gasteiger partial charge in [0.25, 0.3) is 0 Å². The molecule has 2 aromatic carbocycles. The lowest BCUT2D eigenvalue weighted by molar-refractivity contribution is -0.137. The Labute approximate surface area is 129 Å². The normalized spacial score (nSPS) is 11.6. The van der Waals surface area contributed by atoms with Gasteiger partial charge in [0.2, 0.25) is 0 Å². The number of carbonyl (C=O) groups excluding carboxylic acids is 1. The molecule has 6 heteroatoms. The van der Waals surface area contributed by atoms with Crippen molar-refractivity contribution >= 4 is 17.0 Å². The fraction of sp³-hybridized carbons (Fsp3) is 0.118. The molecule has 3 aromatic rings. The van der Waals surface area contributed by atoms with Gasteiger partial charge in [-0.2, -0.15) is 13.2 Å². The molecular formula is C17H12F3NO2. The molecule has 0 atom stereocenters. The lowest BCUT2D eigenvalue weighted by Gasteiger charge is -2.09. The fourth-order valence-electron chi connectivity index (χ4n) is 2.25. The molecule has 0 aliphatic carbocycles. The van der Waals surface area contributed by atoms with Crippen LogP contribution in [0.5, 0.6) is 0 Å². The van der Waals surface area contributed by atoms with E-state index < -0.39 is 17.8 Å². The minimum atomic E-state index is -4.46. The Bertz CT molecular complexity index is 838. The molecule has 0 saturated carbocycles. The number of nitrogens with zero attached hydrogens (tertiary/aromatic N) is 1. The quantitative estimate of drug-likeness (QED) is 0.676. The fourth-order valence-corrected chi connectivity index (χ4v) is 2.25. The van der Waals surface area contributed by atoms with Gasteiger partial charge >= 0.3 is 12.3 Å². The predicted molar refractivity (Wildman–Crippen MR) is 79.0 cm³/mol. The van der Waals surface area contributed by atoms with Crippen LogP contribution in [0.25, 0.3) is 10.9 Å². The first-order valence-electron chi connectivity index (χ1n) is 6.84. The highest BCUT2D eigenvalue weighted by atomic mass is 19.4. The number of aromatic nitrogens is 1. The standard InChI is InChI=1S/C17H12F3NO2/c18-17(19,20)14-7-6-13-8-9-21(15(13)10-14)16(22)23-11-12-4-2-1-3-5-12/h1-10H,11H2. The van der Waals surface area contributed by atoms with Crippen LogP contribution in [0.3, 0.4) is 0 Å². The van der Waals surface area contributed by atoms with Crippen LogP contribution in [0.1, 0.15) is 11.1 Å². The highest BCUT2D eigenvalue weighted by Crippen LogP contribution is 2.31. The molecule has 3 rings (SSSR count). The maximum absolute atomic E-state index is 12.8. The van der Waals surface area contributed by atoms with Gasteiger partial charge in [0.05, 0.1) is 11.1 Å². The molecule has 3 nitrogen and oxygen atoms in total. The van der Waals surface area contributed by atoms with Crippen LogP contribution in [-0.2, 0) is 17.5 Å². The van der Waals surface area contributed by atoms with Crippen LogP contribution in [0.2, 0.25) is 0 Å². The Morgan fingerprint density at radius 1 is 1.04 bits per heavy atom. The van der Waals surface area contributed by atoms with E-state index in [0.717, 1.165) is 22.3 Å². The first kappa shape index (κ1) is 15.1. The topological polar surface area (TPSA) is 31.2 Å². The number of alkyl halides is 3. The molecule has 23 heavy (non-hydrogen) atoms. The van der Waals surface area contributed by atoms with Gasteiger partial charge in [-0.1, -0.05) is 36.4 Å². The molecular weight excluding hydrogens is 307 g/mol. The molecule has 0 radical (unpaired) electrons. The van der Waals surface area contributed by atoms with Crippen molar-refractivity contribution in [2.75, 3.05) is 0 Å². The van der Waals surface area contributed by atoms with E-state index in [-0.39, 0.29) is 12.1 Å². The number of halogens is 3. The molecule has 0 aliphatic heterocycles. The molecule has 118 valence electrons. The third-order valence-corrected chi connectivity index (χ3v) is 3.42. The highest BCUT2D eigenvalue weighted by Gasteiger charge is 2.31. The number of benzene rings is 2. The minimum absolute atomic E-state index is 0.0539. The van der Waals surface area contributed by atoms with Crippen LogP contribution in [-0.4, -0.2) is 10.7 Å². The summed E-state index contributed by atoms with van der Waals surface area (Å²) in [5, 5.41) is 0.537. The molecule has 0 aliphatic rings. The van der Waals surface area contributed by atoms with Gasteiger partial charge in [0.15, 0.2) is 0 Å². The molecule has 0 saturated heterocycles. The zero-order chi connectivity index (χ0) is 16.4. The van der Waals surface area contributed by atoms with Crippen molar-refractivity contribution in [1.29, 1.82) is 0 Å². The number of rotatable bonds is 2. The van der Waals surface area contributed by atoms with Crippen molar-refractivity contribution < 1.29 is 22.7 Å². The van der Waals surface area contributed by atoms with Gasteiger partial charge in [-0.25, -0.2) is 4.79 Å². The molecule has 0 bridgehead atoms. The molecule has 0 spiro atoms. The Morgan fingerprint density at radius 3 is 2.48 bits per heavy atom. The van der Waals surface area contributed by atoms with Gasteiger partial charge in [-0.3, -0.25) is 4.57 Å². The van der Waals surface area contributed by atoms with Gasteiger partial charge in [-0.05, 0) is 23.8 Å². The van der Waals surface area contributed by atoms with Crippen molar-refractivity contribution in [1.82, 2.24) is 4.57 Å². The van der Waals surface area contributed by atoms with E-state index in [1.165, 1.54) is 12.3 Å². The van der Waals surface area contributed by atoms with Crippen molar-refractivity contribution in [3.63, 3.8) is 0 Å². The summed E-state index contributed by atoms with van der Waals surface area (Å²) in [7, 11) is 0. The maximum atomic E-state index is 12.8. The lowest BCUT2D eigenvalue weighted by atomic mass is 10.1. The minimum Gasteiger partial charge on any atom is -0.444 e. The number of carbonyl (C=O) groups is 1. The average Bonchev–Trinajstić information content (AvgIpc) is 2.96. The van der Waals surface area contributed by atoms with Gasteiger partial charge in [0, 0.05) is 11.6 Å². The zero-order valence-corrected chi connectivity index (χ0v) is 11.9. The van der Waals surface area contributed by atoms with E-state index >= 15 is 0 Å². The third-order valence-electron chi connectivity index (χ3n) is 3.42. The second kappa shape index (κ2) is 5.79. The second-order valence-corrected chi connectivity index (χ2v) is 5.00. The van der Waals surface area contributed by atoms with E-state index in [4.69, 9.17) is 4.74 Å². The second-order valence-electron chi connectivity index (χ2n) is 5.00. The lowest BCUT2D eigenvalue weighted by Crippen LogP contribution is -2.13. The summed E-state index contributed by atoms with van der Waals surface area (Å²) in [4.78, 5) is 12.1. The van der Waals surface area contributed by atoms with E-state index in [1.54, 1.807) is 18.2 Å². The third kappa shape index (κ3) is 3.21. The number of hydrogen-bond acceptors (Lipinski definition) is 2. The Hall–Kier alpha value is -2.76. The summed E-state index contributed by atoms with van der Waals surface area (Å²) >= 11 is 0. The zero-order valence-electron chi connectivity index (χ0n) is 11.9. The van der Waals surface area contributed by atoms with Crippen LogP contribution in [0.15, 0.2) is 60.8 Å². The largest absolute Gasteiger partial charge is 0.444 e. The van der Waals surface area contributed by atoms with E-state index in [1.807, 2.05) is 18.2 Å². The first-order valence-corrected chi connectivity index (χ1v) is 6.84. The molecule has 0 unspecified atom stereocenters. The van der Waals surface area contributed by atoms with Gasteiger partial charge in [0.1, 0.15) is 6.61 Å². The van der Waals surface area contributed by atoms with Crippen molar-refractivity contribution in [3.05, 3.63) is 71.9 Å². The summed E-state index contributed by atoms with van der Waals surface area (Å²) in [6.45, 7) is 0.0539. The molecule has 1 aromatic heterocycles. The van der Waals surface area contributed by atoms with Crippen molar-refractivity contribution in [2.24, 2.45) is 0 Å². The Kier molecular flexibility index (Phi) is 3.82. The van der Waals surface area contributed by atoms with E-state index in [9.17, 15) is 18.0 Å². The SMILES string of the molecule is O=C(OCc1ccccc1)n1ccc2ccc(C(F)(F)F)cc21. The van der Waals surface area contributed by atoms with Crippen molar-refractivity contribution in [3.8, 4) is 0 Å². The predicted octanol–water partition coefficient (Wildman–Crippen LogP) is 4.85. The summed E-state index contributed by atoms with van der Waals surface area (Å²) in [5.74, 6) is 0. The molecule has 0 fully saturated rings. The van der Waals surface area contributed by atoms with E-state index in [0.29, 0.717) is 5.39 Å². The molecule has 0 amide bonds. The summed E-state index contributed by atoms with van der Waals surface area (Å²) in [5.41, 5.74) is 0.159. The Balaban J connectivity index is 1.85. The number of fused-ring (bicyclic) bond motifs is 1. The van der Waals surface area contributed by atoms with Crippen molar-refractivity contribution in [2.45, 2.75) is 12.8 Å². The smallest absolute Gasteiger partial charge is 0.418 e. The van der Waals surface area contributed by atoms with Crippen LogP contribution >= 0.6 is 0 Å². The van der Waals surface area contributed by atoms with E-state index in [2.05, 4.69) is 0 Å². The number of ether oxygens (including phenoxy) is 1. The summed E-state index contributed by atoms with van der Waals surface area (Å²) in [6.07, 6.45) is -3.78. The monoisotopic (exact) mass is 319 g/mol. The maximum Gasteiger partial charge on any atom is 0.418 e. The highest BCUT2D eigenvalue weighted by molar-refractivity contribution is 5.89.